The Morgan fingerprint density at radius 1 is 1.31 bits per heavy atom. The average molecular weight is 214 g/mol. The molecule has 0 bridgehead atoms. The van der Waals surface area contributed by atoms with E-state index in [0.717, 1.165) is 43.9 Å². The molecule has 0 atom stereocenters. The molecule has 2 aliphatic rings. The summed E-state index contributed by atoms with van der Waals surface area (Å²) in [5.41, 5.74) is 3.49. The van der Waals surface area contributed by atoms with E-state index in [1.54, 1.807) is 0 Å². The van der Waals surface area contributed by atoms with Gasteiger partial charge in [0.1, 0.15) is 0 Å². The zero-order valence-corrected chi connectivity index (χ0v) is 9.12. The lowest BCUT2D eigenvalue weighted by molar-refractivity contribution is 0.0567. The fourth-order valence-corrected chi connectivity index (χ4v) is 2.79. The Labute approximate surface area is 95.0 Å². The summed E-state index contributed by atoms with van der Waals surface area (Å²) in [6, 6.07) is 8.17. The summed E-state index contributed by atoms with van der Waals surface area (Å²) < 4.78 is 5.44. The predicted octanol–water partition coefficient (Wildman–Crippen LogP) is 2.03. The van der Waals surface area contributed by atoms with Crippen molar-refractivity contribution in [2.45, 2.75) is 18.3 Å². The van der Waals surface area contributed by atoms with E-state index in [-0.39, 0.29) is 5.41 Å². The first-order valence-electron chi connectivity index (χ1n) is 5.70. The van der Waals surface area contributed by atoms with Crippen molar-refractivity contribution in [3.05, 3.63) is 29.3 Å². The topological polar surface area (TPSA) is 45.0 Å². The van der Waals surface area contributed by atoms with Gasteiger partial charge in [0, 0.05) is 30.9 Å². The van der Waals surface area contributed by atoms with Crippen molar-refractivity contribution in [2.75, 3.05) is 25.1 Å². The first-order valence-corrected chi connectivity index (χ1v) is 5.70. The molecular weight excluding hydrogens is 200 g/mol. The average Bonchev–Trinajstić information content (AvgIpc) is 2.69. The van der Waals surface area contributed by atoms with Crippen LogP contribution >= 0.6 is 0 Å². The van der Waals surface area contributed by atoms with Crippen LogP contribution in [-0.4, -0.2) is 19.8 Å². The summed E-state index contributed by atoms with van der Waals surface area (Å²) in [4.78, 5) is 0. The van der Waals surface area contributed by atoms with Crippen molar-refractivity contribution >= 4 is 5.69 Å². The summed E-state index contributed by atoms with van der Waals surface area (Å²) >= 11 is 0. The van der Waals surface area contributed by atoms with Gasteiger partial charge in [-0.25, -0.2) is 0 Å². The van der Waals surface area contributed by atoms with Crippen LogP contribution in [0.15, 0.2) is 18.2 Å². The molecule has 3 nitrogen and oxygen atoms in total. The Balaban J connectivity index is 2.02. The minimum Gasteiger partial charge on any atom is -0.384 e. The van der Waals surface area contributed by atoms with Gasteiger partial charge in [-0.3, -0.25) is 0 Å². The monoisotopic (exact) mass is 214 g/mol. The van der Waals surface area contributed by atoms with Crippen LogP contribution in [0.4, 0.5) is 5.69 Å². The molecule has 1 saturated heterocycles. The first-order chi connectivity index (χ1) is 7.84. The second-order valence-electron chi connectivity index (χ2n) is 4.62. The molecule has 1 fully saturated rings. The summed E-state index contributed by atoms with van der Waals surface area (Å²) in [5.74, 6) is 0. The lowest BCUT2D eigenvalue weighted by atomic mass is 9.76. The SMILES string of the molecule is N#Cc1ccc2c(c1)NCC21CCOCC1. The van der Waals surface area contributed by atoms with Gasteiger partial charge in [0.2, 0.25) is 0 Å². The molecule has 0 unspecified atom stereocenters. The standard InChI is InChI=1S/C13H14N2O/c14-8-10-1-2-11-12(7-10)15-9-13(11)3-5-16-6-4-13/h1-2,7,15H,3-6,9H2. The van der Waals surface area contributed by atoms with Crippen molar-refractivity contribution in [3.63, 3.8) is 0 Å². The van der Waals surface area contributed by atoms with Crippen LogP contribution in [0.5, 0.6) is 0 Å². The molecule has 3 heteroatoms. The first kappa shape index (κ1) is 9.68. The minimum atomic E-state index is 0.252. The molecule has 1 N–H and O–H groups in total. The Bertz CT molecular complexity index is 455. The Morgan fingerprint density at radius 2 is 2.12 bits per heavy atom. The van der Waals surface area contributed by atoms with Gasteiger partial charge < -0.3 is 10.1 Å². The third-order valence-electron chi connectivity index (χ3n) is 3.79. The van der Waals surface area contributed by atoms with E-state index in [4.69, 9.17) is 10.00 Å². The molecule has 16 heavy (non-hydrogen) atoms. The largest absolute Gasteiger partial charge is 0.384 e. The van der Waals surface area contributed by atoms with E-state index in [9.17, 15) is 0 Å². The molecule has 2 aliphatic heterocycles. The fraction of sp³-hybridized carbons (Fsp3) is 0.462. The van der Waals surface area contributed by atoms with Crippen LogP contribution in [-0.2, 0) is 10.2 Å². The third kappa shape index (κ3) is 1.30. The number of benzene rings is 1. The number of hydrogen-bond acceptors (Lipinski definition) is 3. The van der Waals surface area contributed by atoms with Gasteiger partial charge >= 0.3 is 0 Å². The van der Waals surface area contributed by atoms with E-state index in [1.165, 1.54) is 5.56 Å². The molecule has 0 aliphatic carbocycles. The van der Waals surface area contributed by atoms with Crippen molar-refractivity contribution < 1.29 is 4.74 Å². The van der Waals surface area contributed by atoms with E-state index in [0.29, 0.717) is 0 Å². The Morgan fingerprint density at radius 3 is 2.88 bits per heavy atom. The highest BCUT2D eigenvalue weighted by Crippen LogP contribution is 2.43. The van der Waals surface area contributed by atoms with Crippen LogP contribution in [0.2, 0.25) is 0 Å². The minimum absolute atomic E-state index is 0.252. The molecular formula is C13H14N2O. The third-order valence-corrected chi connectivity index (χ3v) is 3.79. The van der Waals surface area contributed by atoms with Gasteiger partial charge in [0.05, 0.1) is 11.6 Å². The normalized spacial score (nSPS) is 21.2. The molecule has 0 aromatic heterocycles. The fourth-order valence-electron chi connectivity index (χ4n) is 2.79. The molecule has 0 amide bonds. The van der Waals surface area contributed by atoms with Crippen molar-refractivity contribution in [1.29, 1.82) is 5.26 Å². The van der Waals surface area contributed by atoms with Crippen molar-refractivity contribution in [2.24, 2.45) is 0 Å². The molecule has 3 rings (SSSR count). The van der Waals surface area contributed by atoms with Gasteiger partial charge in [-0.15, -0.1) is 0 Å². The summed E-state index contributed by atoms with van der Waals surface area (Å²) in [7, 11) is 0. The number of hydrogen-bond donors (Lipinski definition) is 1. The number of anilines is 1. The summed E-state index contributed by atoms with van der Waals surface area (Å²) in [5, 5.41) is 12.3. The van der Waals surface area contributed by atoms with Crippen LogP contribution in [0, 0.1) is 11.3 Å². The maximum Gasteiger partial charge on any atom is 0.0992 e. The number of ether oxygens (including phenoxy) is 1. The van der Waals surface area contributed by atoms with Gasteiger partial charge in [0.15, 0.2) is 0 Å². The van der Waals surface area contributed by atoms with Crippen molar-refractivity contribution in [1.82, 2.24) is 0 Å². The number of nitrogens with zero attached hydrogens (tertiary/aromatic N) is 1. The smallest absolute Gasteiger partial charge is 0.0992 e. The summed E-state index contributed by atoms with van der Waals surface area (Å²) in [6.07, 6.45) is 2.16. The molecule has 1 spiro atoms. The Hall–Kier alpha value is -1.53. The molecule has 0 saturated carbocycles. The van der Waals surface area contributed by atoms with E-state index >= 15 is 0 Å². The molecule has 82 valence electrons. The second kappa shape index (κ2) is 3.50. The Kier molecular flexibility index (Phi) is 2.12. The van der Waals surface area contributed by atoms with Gasteiger partial charge in [-0.2, -0.15) is 5.26 Å². The number of nitriles is 1. The highest BCUT2D eigenvalue weighted by molar-refractivity contribution is 5.63. The van der Waals surface area contributed by atoms with Crippen molar-refractivity contribution in [3.8, 4) is 6.07 Å². The summed E-state index contributed by atoms with van der Waals surface area (Å²) in [6.45, 7) is 2.68. The maximum atomic E-state index is 8.87. The van der Waals surface area contributed by atoms with Crippen LogP contribution in [0.3, 0.4) is 0 Å². The lowest BCUT2D eigenvalue weighted by Crippen LogP contribution is -2.35. The second-order valence-corrected chi connectivity index (χ2v) is 4.62. The molecule has 0 radical (unpaired) electrons. The van der Waals surface area contributed by atoms with Crippen LogP contribution < -0.4 is 5.32 Å². The molecule has 1 aromatic carbocycles. The van der Waals surface area contributed by atoms with E-state index in [2.05, 4.69) is 17.5 Å². The number of rotatable bonds is 0. The van der Waals surface area contributed by atoms with Gasteiger partial charge in [-0.1, -0.05) is 6.07 Å². The van der Waals surface area contributed by atoms with Gasteiger partial charge in [0.25, 0.3) is 0 Å². The zero-order chi connectivity index (χ0) is 11.0. The van der Waals surface area contributed by atoms with Crippen LogP contribution in [0.25, 0.3) is 0 Å². The highest BCUT2D eigenvalue weighted by atomic mass is 16.5. The quantitative estimate of drug-likeness (QED) is 0.718. The van der Waals surface area contributed by atoms with Crippen LogP contribution in [0.1, 0.15) is 24.0 Å². The highest BCUT2D eigenvalue weighted by Gasteiger charge is 2.40. The molecule has 1 aromatic rings. The number of fused-ring (bicyclic) bond motifs is 2. The maximum absolute atomic E-state index is 8.87. The lowest BCUT2D eigenvalue weighted by Gasteiger charge is -2.33. The van der Waals surface area contributed by atoms with Gasteiger partial charge in [-0.05, 0) is 30.5 Å². The molecule has 2 heterocycles. The van der Waals surface area contributed by atoms with E-state index in [1.807, 2.05) is 12.1 Å². The van der Waals surface area contributed by atoms with E-state index < -0.39 is 0 Å². The predicted molar refractivity (Wildman–Crippen MR) is 61.4 cm³/mol. The number of nitrogens with one attached hydrogen (secondary N) is 1. The zero-order valence-electron chi connectivity index (χ0n) is 9.12.